The molecular formula is C56H73F5N8O11. The highest BCUT2D eigenvalue weighted by Crippen LogP contribution is 2.55. The average molecular weight is 1130 g/mol. The minimum atomic E-state index is -4.95. The smallest absolute Gasteiger partial charge is 0.417 e. The maximum absolute atomic E-state index is 14.7. The van der Waals surface area contributed by atoms with Crippen molar-refractivity contribution in [1.29, 1.82) is 0 Å². The van der Waals surface area contributed by atoms with Crippen molar-refractivity contribution in [1.82, 2.24) is 36.1 Å². The quantitative estimate of drug-likeness (QED) is 0.0468. The van der Waals surface area contributed by atoms with Crippen LogP contribution in [0.25, 0.3) is 0 Å². The van der Waals surface area contributed by atoms with Crippen molar-refractivity contribution in [2.75, 3.05) is 65.0 Å². The Hall–Kier alpha value is -6.37. The molecule has 0 bridgehead atoms. The molecule has 0 unspecified atom stereocenters. The van der Waals surface area contributed by atoms with Crippen LogP contribution < -0.4 is 31.3 Å². The number of carbonyl (C=O) groups is 6. The van der Waals surface area contributed by atoms with E-state index >= 15 is 0 Å². The van der Waals surface area contributed by atoms with Crippen molar-refractivity contribution in [3.05, 3.63) is 83.4 Å². The van der Waals surface area contributed by atoms with Crippen LogP contribution in [0.15, 0.2) is 55.0 Å². The lowest BCUT2D eigenvalue weighted by atomic mass is 9.77. The Bertz CT molecular complexity index is 2610. The van der Waals surface area contributed by atoms with Gasteiger partial charge in [0.15, 0.2) is 17.2 Å². The number of rotatable bonds is 25. The lowest BCUT2D eigenvalue weighted by Gasteiger charge is -2.32. The predicted octanol–water partition coefficient (Wildman–Crippen LogP) is 6.23. The molecule has 4 fully saturated rings. The highest BCUT2D eigenvalue weighted by molar-refractivity contribution is 5.98. The molecule has 80 heavy (non-hydrogen) atoms. The molecule has 2 aromatic heterocycles. The fraction of sp³-hybridized carbons (Fsp3) is 0.607. The van der Waals surface area contributed by atoms with Gasteiger partial charge >= 0.3 is 6.18 Å². The fourth-order valence-electron chi connectivity index (χ4n) is 11.2. The second-order valence-electron chi connectivity index (χ2n) is 20.9. The SMILES string of the molecule is CCN1C(=O)C[C@H](C(=O)NCCOC2CCC(OCCCC(=O)NC3CCC(C(=O)NCCOCCNC(=O)c4cc(NC(=O)[C@@H]5O[C@@](C)(C(F)(F)F)[C@@H](C)[C@H]5c5ccc(F)c(F)c5OC)ccn4)CC3)CC2)[C@H]1c1cccnc1. The van der Waals surface area contributed by atoms with Gasteiger partial charge in [0.05, 0.1) is 51.1 Å². The molecule has 1 aromatic carbocycles. The molecule has 7 rings (SSSR count). The first-order valence-electron chi connectivity index (χ1n) is 27.5. The molecule has 4 heterocycles. The number of likely N-dealkylation sites (tertiary alicyclic amines) is 1. The minimum Gasteiger partial charge on any atom is -0.493 e. The summed E-state index contributed by atoms with van der Waals surface area (Å²) in [5.41, 5.74) is -2.33. The van der Waals surface area contributed by atoms with Gasteiger partial charge in [-0.05, 0) is 101 Å². The number of methoxy groups -OCH3 is 1. The normalized spacial score (nSPS) is 25.9. The number of aromatic nitrogens is 2. The second kappa shape index (κ2) is 28.4. The average Bonchev–Trinajstić information content (AvgIpc) is 4.00. The summed E-state index contributed by atoms with van der Waals surface area (Å²) in [6.07, 6.45) is 5.03. The van der Waals surface area contributed by atoms with E-state index in [4.69, 9.17) is 23.7 Å². The molecule has 6 amide bonds. The van der Waals surface area contributed by atoms with Crippen molar-refractivity contribution < 1.29 is 74.4 Å². The first-order valence-corrected chi connectivity index (χ1v) is 27.5. The van der Waals surface area contributed by atoms with Crippen LogP contribution in [0.5, 0.6) is 5.75 Å². The number of halogens is 5. The summed E-state index contributed by atoms with van der Waals surface area (Å²) >= 11 is 0. The third-order valence-corrected chi connectivity index (χ3v) is 15.8. The number of hydrogen-bond acceptors (Lipinski definition) is 13. The van der Waals surface area contributed by atoms with Gasteiger partial charge in [-0.1, -0.05) is 19.1 Å². The second-order valence-corrected chi connectivity index (χ2v) is 20.9. The zero-order valence-electron chi connectivity index (χ0n) is 45.5. The first-order chi connectivity index (χ1) is 38.3. The van der Waals surface area contributed by atoms with Gasteiger partial charge in [-0.2, -0.15) is 17.6 Å². The Morgan fingerprint density at radius 3 is 2.17 bits per heavy atom. The molecule has 2 saturated heterocycles. The molecule has 2 saturated carbocycles. The first kappa shape index (κ1) is 61.3. The van der Waals surface area contributed by atoms with Crippen molar-refractivity contribution in [3.63, 3.8) is 0 Å². The van der Waals surface area contributed by atoms with Crippen LogP contribution in [0.2, 0.25) is 0 Å². The maximum Gasteiger partial charge on any atom is 0.417 e. The van der Waals surface area contributed by atoms with Crippen molar-refractivity contribution in [2.24, 2.45) is 17.8 Å². The molecular weight excluding hydrogens is 1060 g/mol. The van der Waals surface area contributed by atoms with Crippen molar-refractivity contribution in [2.45, 2.75) is 139 Å². The Kier molecular flexibility index (Phi) is 21.7. The summed E-state index contributed by atoms with van der Waals surface area (Å²) in [7, 11) is 1.03. The van der Waals surface area contributed by atoms with Crippen LogP contribution >= 0.6 is 0 Å². The molecule has 2 aliphatic heterocycles. The maximum atomic E-state index is 14.7. The van der Waals surface area contributed by atoms with E-state index in [2.05, 4.69) is 36.6 Å². The summed E-state index contributed by atoms with van der Waals surface area (Å²) in [5, 5.41) is 14.0. The van der Waals surface area contributed by atoms with E-state index < -0.39 is 64.8 Å². The van der Waals surface area contributed by atoms with E-state index in [1.807, 2.05) is 19.1 Å². The van der Waals surface area contributed by atoms with Crippen LogP contribution in [0, 0.1) is 29.4 Å². The molecule has 4 aliphatic rings. The zero-order chi connectivity index (χ0) is 57.6. The standard InChI is InChI=1S/C56H73F5N8O11/c1-5-69-45(71)31-41(48(69)35-8-6-21-62-32-35)52(73)65-25-29-79-39-16-14-38(15-17-39)78-26-7-9-44(70)67-36-12-10-34(11-13-36)51(72)64-23-27-77-28-24-66-53(74)43-30-37(20-22-63-43)68-54(75)50-46(33(2)55(3,80-50)56(59,60)61)40-18-19-42(57)47(58)49(40)76-4/h6,8,18-22,30,32-34,36,38-39,41,46,48,50H,5,7,9-17,23-29,31H2,1-4H3,(H,64,72)(H,65,73)(H,66,74)(H,67,70)(H,63,68,75)/t33-,34?,36?,38?,39?,41-,46-,48+,50+,55+/m0/s1. The number of pyridine rings is 2. The van der Waals surface area contributed by atoms with Crippen molar-refractivity contribution >= 4 is 41.1 Å². The summed E-state index contributed by atoms with van der Waals surface area (Å²) in [6, 6.07) is 7.67. The molecule has 6 atom stereocenters. The highest BCUT2D eigenvalue weighted by Gasteiger charge is 2.66. The number of nitrogens with zero attached hydrogens (tertiary/aromatic N) is 3. The number of hydrogen-bond donors (Lipinski definition) is 5. The summed E-state index contributed by atoms with van der Waals surface area (Å²) < 4.78 is 100. The molecule has 0 radical (unpaired) electrons. The summed E-state index contributed by atoms with van der Waals surface area (Å²) in [6.45, 7) is 6.14. The lowest BCUT2D eigenvalue weighted by molar-refractivity contribution is -0.272. The van der Waals surface area contributed by atoms with Crippen molar-refractivity contribution in [3.8, 4) is 5.75 Å². The van der Waals surface area contributed by atoms with Crippen LogP contribution in [-0.4, -0.2) is 146 Å². The summed E-state index contributed by atoms with van der Waals surface area (Å²) in [5.74, 6) is -8.98. The van der Waals surface area contributed by atoms with Crippen LogP contribution in [0.4, 0.5) is 27.6 Å². The Balaban J connectivity index is 0.706. The molecule has 0 spiro atoms. The van der Waals surface area contributed by atoms with E-state index in [1.165, 1.54) is 25.3 Å². The Morgan fingerprint density at radius 1 is 0.838 bits per heavy atom. The van der Waals surface area contributed by atoms with Crippen LogP contribution in [-0.2, 0) is 42.9 Å². The van der Waals surface area contributed by atoms with E-state index in [0.29, 0.717) is 64.8 Å². The fourth-order valence-corrected chi connectivity index (χ4v) is 11.2. The molecule has 24 heteroatoms. The molecule has 5 N–H and O–H groups in total. The van der Waals surface area contributed by atoms with Gasteiger partial charge in [-0.3, -0.25) is 38.7 Å². The van der Waals surface area contributed by atoms with Gasteiger partial charge in [-0.15, -0.1) is 0 Å². The van der Waals surface area contributed by atoms with Crippen LogP contribution in [0.1, 0.15) is 125 Å². The summed E-state index contributed by atoms with van der Waals surface area (Å²) in [4.78, 5) is 88.0. The molecule has 438 valence electrons. The number of benzene rings is 1. The topological polar surface area (TPSA) is 238 Å². The molecule has 3 aromatic rings. The lowest BCUT2D eigenvalue weighted by Crippen LogP contribution is -2.47. The van der Waals surface area contributed by atoms with Crippen LogP contribution in [0.3, 0.4) is 0 Å². The van der Waals surface area contributed by atoms with E-state index in [1.54, 1.807) is 17.3 Å². The van der Waals surface area contributed by atoms with E-state index in [0.717, 1.165) is 57.4 Å². The number of amides is 6. The van der Waals surface area contributed by atoms with Gasteiger partial charge in [0.25, 0.3) is 11.8 Å². The zero-order valence-corrected chi connectivity index (χ0v) is 45.5. The van der Waals surface area contributed by atoms with E-state index in [9.17, 15) is 50.7 Å². The molecule has 2 aliphatic carbocycles. The predicted molar refractivity (Wildman–Crippen MR) is 280 cm³/mol. The monoisotopic (exact) mass is 1130 g/mol. The highest BCUT2D eigenvalue weighted by atomic mass is 19.4. The van der Waals surface area contributed by atoms with E-state index in [-0.39, 0.29) is 104 Å². The third kappa shape index (κ3) is 15.3. The number of alkyl halides is 3. The van der Waals surface area contributed by atoms with Gasteiger partial charge in [0, 0.05) is 99.3 Å². The Morgan fingerprint density at radius 2 is 1.51 bits per heavy atom. The molecule has 19 nitrogen and oxygen atoms in total. The van der Waals surface area contributed by atoms with Gasteiger partial charge in [0.1, 0.15) is 11.8 Å². The third-order valence-electron chi connectivity index (χ3n) is 15.8. The van der Waals surface area contributed by atoms with Gasteiger partial charge in [0.2, 0.25) is 29.4 Å². The Labute approximate surface area is 461 Å². The largest absolute Gasteiger partial charge is 0.493 e. The number of nitrogens with one attached hydrogen (secondary N) is 5. The number of anilines is 1. The number of ether oxygens (including phenoxy) is 5. The minimum absolute atomic E-state index is 0.00357. The van der Waals surface area contributed by atoms with Gasteiger partial charge < -0.3 is 55.2 Å². The number of carbonyl (C=O) groups excluding carboxylic acids is 6. The van der Waals surface area contributed by atoms with Gasteiger partial charge in [-0.25, -0.2) is 4.39 Å².